The second-order valence-corrected chi connectivity index (χ2v) is 12.6. The largest absolute Gasteiger partial charge is 0.504 e. The fraction of sp³-hybridized carbons (Fsp3) is 0.368. The average molecular weight is 639 g/mol. The minimum atomic E-state index is -0.165. The van der Waals surface area contributed by atoms with E-state index in [0.717, 1.165) is 48.4 Å². The molecule has 2 atom stereocenters. The molecule has 0 radical (unpaired) electrons. The molecule has 4 aliphatic heterocycles. The van der Waals surface area contributed by atoms with E-state index in [-0.39, 0.29) is 23.6 Å². The summed E-state index contributed by atoms with van der Waals surface area (Å²) in [6.45, 7) is 1.67. The van der Waals surface area contributed by atoms with Crippen molar-refractivity contribution in [1.29, 1.82) is 0 Å². The quantitative estimate of drug-likeness (QED) is 0.258. The SMILES string of the molecule is COc1ccc2cc1Oc1ccc(cc1)C[C@H]1c3cc(c(OC)cc3CCN1C)Oc1c(OC)c(OC)c(O)c3c1[C@@H](C2)N(C)CC3. The Labute approximate surface area is 276 Å². The van der Waals surface area contributed by atoms with Gasteiger partial charge in [-0.25, -0.2) is 0 Å². The van der Waals surface area contributed by atoms with Gasteiger partial charge in [-0.1, -0.05) is 18.2 Å². The molecule has 4 aromatic rings. The third-order valence-electron chi connectivity index (χ3n) is 9.97. The number of phenolic OH excluding ortho intramolecular Hbond substituents is 1. The Balaban J connectivity index is 1.49. The smallest absolute Gasteiger partial charge is 0.208 e. The molecule has 0 fully saturated rings. The fourth-order valence-corrected chi connectivity index (χ4v) is 7.38. The van der Waals surface area contributed by atoms with Crippen molar-refractivity contribution in [3.63, 3.8) is 0 Å². The lowest BCUT2D eigenvalue weighted by Crippen LogP contribution is -2.34. The Hall–Kier alpha value is -4.60. The number of hydrogen-bond acceptors (Lipinski definition) is 9. The number of likely N-dealkylation sites (N-methyl/N-ethyl adjacent to an activating group) is 2. The summed E-state index contributed by atoms with van der Waals surface area (Å²) >= 11 is 0. The van der Waals surface area contributed by atoms with Crippen LogP contribution in [0.15, 0.2) is 54.6 Å². The zero-order valence-electron chi connectivity index (χ0n) is 27.9. The minimum Gasteiger partial charge on any atom is -0.504 e. The van der Waals surface area contributed by atoms with Crippen molar-refractivity contribution in [2.24, 2.45) is 0 Å². The number of nitrogens with zero attached hydrogens (tertiary/aromatic N) is 2. The fourth-order valence-electron chi connectivity index (χ4n) is 7.38. The molecule has 47 heavy (non-hydrogen) atoms. The number of aromatic hydroxyl groups is 1. The summed E-state index contributed by atoms with van der Waals surface area (Å²) in [6, 6.07) is 18.5. The van der Waals surface area contributed by atoms with Crippen LogP contribution in [0.2, 0.25) is 0 Å². The van der Waals surface area contributed by atoms with Gasteiger partial charge in [0.05, 0.1) is 28.4 Å². The highest BCUT2D eigenvalue weighted by Gasteiger charge is 2.37. The number of ether oxygens (including phenoxy) is 6. The van der Waals surface area contributed by atoms with Gasteiger partial charge in [0.25, 0.3) is 0 Å². The van der Waals surface area contributed by atoms with E-state index in [4.69, 9.17) is 28.4 Å². The number of fused-ring (bicyclic) bond motifs is 2. The molecule has 0 unspecified atom stereocenters. The van der Waals surface area contributed by atoms with Gasteiger partial charge in [-0.05, 0) is 98.4 Å². The van der Waals surface area contributed by atoms with Crippen molar-refractivity contribution in [1.82, 2.24) is 9.80 Å². The molecule has 0 saturated heterocycles. The van der Waals surface area contributed by atoms with Crippen LogP contribution < -0.4 is 28.4 Å². The topological polar surface area (TPSA) is 82.1 Å². The predicted molar refractivity (Wildman–Crippen MR) is 179 cm³/mol. The molecular weight excluding hydrogens is 596 g/mol. The van der Waals surface area contributed by atoms with E-state index in [1.54, 1.807) is 21.3 Å². The standard InChI is InChI=1S/C38H42N2O7/c1-39-15-13-24-20-31(43-4)33-21-27(24)28(39)17-22-7-10-25(11-8-22)46-32-19-23(9-12-30(32)42-3)18-29-34-26(14-16-40(29)2)35(41)37(44-5)38(45-6)36(34)47-33/h7-12,19-21,28-29,41H,13-18H2,1-6H3/t28-,29+/m0/s1. The van der Waals surface area contributed by atoms with Crippen LogP contribution in [0.3, 0.4) is 0 Å². The Morgan fingerprint density at radius 3 is 2.06 bits per heavy atom. The van der Waals surface area contributed by atoms with Crippen LogP contribution in [-0.2, 0) is 25.7 Å². The molecule has 6 bridgehead atoms. The number of methoxy groups -OCH3 is 4. The molecule has 9 nitrogen and oxygen atoms in total. The van der Waals surface area contributed by atoms with E-state index in [0.29, 0.717) is 47.3 Å². The molecule has 9 heteroatoms. The normalized spacial score (nSPS) is 19.0. The summed E-state index contributed by atoms with van der Waals surface area (Å²) in [5.74, 6) is 4.44. The molecule has 4 aliphatic rings. The summed E-state index contributed by atoms with van der Waals surface area (Å²) in [5.41, 5.74) is 6.33. The van der Waals surface area contributed by atoms with Crippen molar-refractivity contribution >= 4 is 0 Å². The summed E-state index contributed by atoms with van der Waals surface area (Å²) in [5, 5.41) is 11.6. The summed E-state index contributed by atoms with van der Waals surface area (Å²) in [6.07, 6.45) is 2.95. The van der Waals surface area contributed by atoms with Crippen LogP contribution >= 0.6 is 0 Å². The van der Waals surface area contributed by atoms with E-state index < -0.39 is 0 Å². The number of benzene rings is 4. The monoisotopic (exact) mass is 638 g/mol. The molecule has 4 heterocycles. The zero-order valence-corrected chi connectivity index (χ0v) is 27.9. The highest BCUT2D eigenvalue weighted by atomic mass is 16.5. The van der Waals surface area contributed by atoms with Crippen LogP contribution in [0.4, 0.5) is 0 Å². The van der Waals surface area contributed by atoms with Gasteiger partial charge in [-0.2, -0.15) is 0 Å². The van der Waals surface area contributed by atoms with E-state index in [9.17, 15) is 5.11 Å². The first-order valence-corrected chi connectivity index (χ1v) is 16.1. The highest BCUT2D eigenvalue weighted by molar-refractivity contribution is 5.69. The first-order valence-electron chi connectivity index (χ1n) is 16.1. The molecule has 0 amide bonds. The molecule has 0 saturated carbocycles. The molecule has 0 spiro atoms. The molecule has 0 aromatic heterocycles. The highest BCUT2D eigenvalue weighted by Crippen LogP contribution is 2.56. The molecular formula is C38H42N2O7. The van der Waals surface area contributed by atoms with Gasteiger partial charge in [0, 0.05) is 36.3 Å². The minimum absolute atomic E-state index is 0.0767. The maximum atomic E-state index is 11.6. The first-order chi connectivity index (χ1) is 22.8. The van der Waals surface area contributed by atoms with Gasteiger partial charge in [-0.15, -0.1) is 0 Å². The number of phenols is 1. The van der Waals surface area contributed by atoms with E-state index >= 15 is 0 Å². The first kappa shape index (κ1) is 31.0. The summed E-state index contributed by atoms with van der Waals surface area (Å²) < 4.78 is 36.8. The number of hydrogen-bond donors (Lipinski definition) is 1. The maximum absolute atomic E-state index is 11.6. The third-order valence-corrected chi connectivity index (χ3v) is 9.97. The van der Waals surface area contributed by atoms with Gasteiger partial charge in [-0.3, -0.25) is 9.80 Å². The van der Waals surface area contributed by atoms with E-state index in [1.165, 1.54) is 23.8 Å². The van der Waals surface area contributed by atoms with Gasteiger partial charge in [0.2, 0.25) is 11.5 Å². The van der Waals surface area contributed by atoms with Gasteiger partial charge < -0.3 is 33.5 Å². The van der Waals surface area contributed by atoms with Gasteiger partial charge in [0.15, 0.2) is 34.5 Å². The predicted octanol–water partition coefficient (Wildman–Crippen LogP) is 6.87. The molecule has 1 N–H and O–H groups in total. The second-order valence-electron chi connectivity index (χ2n) is 12.6. The van der Waals surface area contributed by atoms with Crippen LogP contribution in [0, 0.1) is 0 Å². The zero-order chi connectivity index (χ0) is 32.8. The Morgan fingerprint density at radius 2 is 1.34 bits per heavy atom. The van der Waals surface area contributed by atoms with Crippen molar-refractivity contribution in [2.75, 3.05) is 55.6 Å². The molecule has 4 aromatic carbocycles. The van der Waals surface area contributed by atoms with Crippen molar-refractivity contribution in [2.45, 2.75) is 37.8 Å². The van der Waals surface area contributed by atoms with Gasteiger partial charge >= 0.3 is 0 Å². The maximum Gasteiger partial charge on any atom is 0.208 e. The lowest BCUT2D eigenvalue weighted by molar-refractivity contribution is 0.216. The molecule has 0 aliphatic carbocycles. The van der Waals surface area contributed by atoms with Crippen LogP contribution in [-0.4, -0.2) is 70.5 Å². The van der Waals surface area contributed by atoms with Crippen LogP contribution in [0.1, 0.15) is 45.5 Å². The van der Waals surface area contributed by atoms with E-state index in [1.807, 2.05) is 24.3 Å². The average Bonchev–Trinajstić information content (AvgIpc) is 3.08. The molecule has 246 valence electrons. The Kier molecular flexibility index (Phi) is 8.28. The lowest BCUT2D eigenvalue weighted by Gasteiger charge is -2.38. The Morgan fingerprint density at radius 1 is 0.681 bits per heavy atom. The summed E-state index contributed by atoms with van der Waals surface area (Å²) in [4.78, 5) is 4.69. The molecule has 8 rings (SSSR count). The van der Waals surface area contributed by atoms with Crippen LogP contribution in [0.25, 0.3) is 0 Å². The second kappa shape index (κ2) is 12.5. The summed E-state index contributed by atoms with van der Waals surface area (Å²) in [7, 11) is 10.7. The van der Waals surface area contributed by atoms with Crippen molar-refractivity contribution in [3.8, 4) is 51.7 Å². The third kappa shape index (κ3) is 5.47. The lowest BCUT2D eigenvalue weighted by atomic mass is 9.86. The Bertz CT molecular complexity index is 1810. The van der Waals surface area contributed by atoms with Crippen LogP contribution in [0.5, 0.6) is 51.7 Å². The van der Waals surface area contributed by atoms with E-state index in [2.05, 4.69) is 54.2 Å². The van der Waals surface area contributed by atoms with Crippen molar-refractivity contribution < 1.29 is 33.5 Å². The number of rotatable bonds is 4. The van der Waals surface area contributed by atoms with Gasteiger partial charge in [0.1, 0.15) is 5.75 Å². The van der Waals surface area contributed by atoms with Crippen molar-refractivity contribution in [3.05, 3.63) is 88.0 Å².